The molecule has 0 amide bonds. The van der Waals surface area contributed by atoms with Crippen molar-refractivity contribution in [2.24, 2.45) is 0 Å². The maximum absolute atomic E-state index is 11.4. The van der Waals surface area contributed by atoms with E-state index in [1.54, 1.807) is 12.1 Å². The molecule has 0 radical (unpaired) electrons. The van der Waals surface area contributed by atoms with Crippen molar-refractivity contribution >= 4 is 17.7 Å². The number of aromatic nitrogens is 3. The molecular weight excluding hydrogens is 338 g/mol. The van der Waals surface area contributed by atoms with Crippen LogP contribution in [0.3, 0.4) is 0 Å². The van der Waals surface area contributed by atoms with Gasteiger partial charge in [0.15, 0.2) is 11.0 Å². The molecular formula is C18H19N3O3S. The summed E-state index contributed by atoms with van der Waals surface area (Å²) >= 11 is 1.52. The van der Waals surface area contributed by atoms with Crippen LogP contribution in [0, 0.1) is 6.92 Å². The number of hydrogen-bond donors (Lipinski definition) is 0. The highest BCUT2D eigenvalue weighted by molar-refractivity contribution is 7.98. The van der Waals surface area contributed by atoms with Gasteiger partial charge in [0.05, 0.1) is 12.9 Å². The molecule has 0 saturated carbocycles. The summed E-state index contributed by atoms with van der Waals surface area (Å²) in [6.45, 7) is 4.90. The van der Waals surface area contributed by atoms with Gasteiger partial charge in [-0.05, 0) is 31.5 Å². The van der Waals surface area contributed by atoms with Crippen molar-refractivity contribution < 1.29 is 13.9 Å². The second-order valence-electron chi connectivity index (χ2n) is 5.41. The first-order chi connectivity index (χ1) is 12.1. The lowest BCUT2D eigenvalue weighted by molar-refractivity contribution is 0.0563. The quantitative estimate of drug-likeness (QED) is 0.491. The standard InChI is InChI=1S/C18H19N3O3S/c1-4-21-16(14-8-6-5-7-12(14)2)19-20-18(21)25-11-13-9-10-15(24-13)17(22)23-3/h5-10H,4,11H2,1-3H3. The first-order valence-electron chi connectivity index (χ1n) is 7.93. The van der Waals surface area contributed by atoms with Crippen LogP contribution in [0.4, 0.5) is 0 Å². The summed E-state index contributed by atoms with van der Waals surface area (Å²) in [5, 5.41) is 9.50. The molecule has 3 rings (SSSR count). The molecule has 0 atom stereocenters. The van der Waals surface area contributed by atoms with Crippen molar-refractivity contribution in [3.8, 4) is 11.4 Å². The molecule has 0 unspecified atom stereocenters. The number of carbonyl (C=O) groups excluding carboxylic acids is 1. The number of carbonyl (C=O) groups is 1. The maximum Gasteiger partial charge on any atom is 0.373 e. The summed E-state index contributed by atoms with van der Waals surface area (Å²) in [7, 11) is 1.33. The Labute approximate surface area is 150 Å². The minimum atomic E-state index is -0.477. The number of esters is 1. The van der Waals surface area contributed by atoms with Gasteiger partial charge in [-0.3, -0.25) is 0 Å². The predicted octanol–water partition coefficient (Wildman–Crippen LogP) is 3.95. The smallest absolute Gasteiger partial charge is 0.373 e. The Bertz CT molecular complexity index is 885. The predicted molar refractivity (Wildman–Crippen MR) is 95.5 cm³/mol. The Kier molecular flexibility index (Phi) is 5.23. The van der Waals surface area contributed by atoms with Crippen molar-refractivity contribution in [1.82, 2.24) is 14.8 Å². The van der Waals surface area contributed by atoms with E-state index in [1.165, 1.54) is 18.9 Å². The Morgan fingerprint density at radius 2 is 2.04 bits per heavy atom. The molecule has 2 heterocycles. The van der Waals surface area contributed by atoms with E-state index in [0.717, 1.165) is 28.7 Å². The monoisotopic (exact) mass is 357 g/mol. The highest BCUT2D eigenvalue weighted by Gasteiger charge is 2.16. The molecule has 6 nitrogen and oxygen atoms in total. The summed E-state index contributed by atoms with van der Waals surface area (Å²) in [5.74, 6) is 1.83. The van der Waals surface area contributed by atoms with Crippen molar-refractivity contribution in [1.29, 1.82) is 0 Å². The fourth-order valence-corrected chi connectivity index (χ4v) is 3.40. The van der Waals surface area contributed by atoms with E-state index >= 15 is 0 Å². The second-order valence-corrected chi connectivity index (χ2v) is 6.35. The number of nitrogens with zero attached hydrogens (tertiary/aromatic N) is 3. The number of rotatable bonds is 6. The van der Waals surface area contributed by atoms with Gasteiger partial charge in [0.25, 0.3) is 0 Å². The first kappa shape index (κ1) is 17.3. The van der Waals surface area contributed by atoms with E-state index in [2.05, 4.69) is 45.5 Å². The van der Waals surface area contributed by atoms with Crippen molar-refractivity contribution in [2.45, 2.75) is 31.3 Å². The number of ether oxygens (including phenoxy) is 1. The molecule has 2 aromatic heterocycles. The summed E-state index contributed by atoms with van der Waals surface area (Å²) < 4.78 is 12.2. The fourth-order valence-electron chi connectivity index (χ4n) is 2.51. The van der Waals surface area contributed by atoms with E-state index in [4.69, 9.17) is 4.42 Å². The lowest BCUT2D eigenvalue weighted by Gasteiger charge is -2.08. The topological polar surface area (TPSA) is 70.2 Å². The van der Waals surface area contributed by atoms with Crippen LogP contribution in [0.15, 0.2) is 46.0 Å². The summed E-state index contributed by atoms with van der Waals surface area (Å²) in [6, 6.07) is 11.5. The Morgan fingerprint density at radius 1 is 1.24 bits per heavy atom. The number of hydrogen-bond acceptors (Lipinski definition) is 6. The van der Waals surface area contributed by atoms with E-state index in [1.807, 2.05) is 12.1 Å². The Hall–Kier alpha value is -2.54. The molecule has 25 heavy (non-hydrogen) atoms. The SMILES string of the molecule is CCn1c(SCc2ccc(C(=O)OC)o2)nnc1-c1ccccc1C. The van der Waals surface area contributed by atoms with Gasteiger partial charge in [-0.2, -0.15) is 0 Å². The summed E-state index contributed by atoms with van der Waals surface area (Å²) in [5.41, 5.74) is 2.24. The van der Waals surface area contributed by atoms with Gasteiger partial charge >= 0.3 is 5.97 Å². The van der Waals surface area contributed by atoms with E-state index in [-0.39, 0.29) is 5.76 Å². The average Bonchev–Trinajstić information content (AvgIpc) is 3.26. The number of furan rings is 1. The molecule has 0 fully saturated rings. The van der Waals surface area contributed by atoms with E-state index in [9.17, 15) is 4.79 Å². The van der Waals surface area contributed by atoms with Crippen molar-refractivity contribution in [3.05, 3.63) is 53.5 Å². The average molecular weight is 357 g/mol. The molecule has 0 aliphatic carbocycles. The van der Waals surface area contributed by atoms with Crippen LogP contribution >= 0.6 is 11.8 Å². The minimum absolute atomic E-state index is 0.204. The van der Waals surface area contributed by atoms with Gasteiger partial charge in [-0.15, -0.1) is 10.2 Å². The number of methoxy groups -OCH3 is 1. The van der Waals surface area contributed by atoms with Crippen LogP contribution in [0.25, 0.3) is 11.4 Å². The highest BCUT2D eigenvalue weighted by Crippen LogP contribution is 2.28. The molecule has 130 valence electrons. The van der Waals surface area contributed by atoms with Crippen LogP contribution in [-0.4, -0.2) is 27.8 Å². The molecule has 0 saturated heterocycles. The molecule has 0 spiro atoms. The molecule has 3 aromatic rings. The van der Waals surface area contributed by atoms with Gasteiger partial charge in [-0.25, -0.2) is 4.79 Å². The van der Waals surface area contributed by atoms with Crippen LogP contribution in [0.5, 0.6) is 0 Å². The van der Waals surface area contributed by atoms with E-state index < -0.39 is 5.97 Å². The molecule has 7 heteroatoms. The zero-order chi connectivity index (χ0) is 17.8. The van der Waals surface area contributed by atoms with Crippen LogP contribution in [0.2, 0.25) is 0 Å². The Balaban J connectivity index is 1.79. The summed E-state index contributed by atoms with van der Waals surface area (Å²) in [6.07, 6.45) is 0. The number of thioether (sulfide) groups is 1. The lowest BCUT2D eigenvalue weighted by Crippen LogP contribution is -2.00. The maximum atomic E-state index is 11.4. The third kappa shape index (κ3) is 3.61. The minimum Gasteiger partial charge on any atom is -0.463 e. The van der Waals surface area contributed by atoms with Crippen molar-refractivity contribution in [3.63, 3.8) is 0 Å². The molecule has 0 aliphatic rings. The zero-order valence-corrected chi connectivity index (χ0v) is 15.2. The van der Waals surface area contributed by atoms with Crippen LogP contribution in [-0.2, 0) is 17.0 Å². The Morgan fingerprint density at radius 3 is 2.76 bits per heavy atom. The van der Waals surface area contributed by atoms with E-state index in [0.29, 0.717) is 11.5 Å². The molecule has 1 aromatic carbocycles. The second kappa shape index (κ2) is 7.57. The third-order valence-electron chi connectivity index (χ3n) is 3.81. The fraction of sp³-hybridized carbons (Fsp3) is 0.278. The summed E-state index contributed by atoms with van der Waals surface area (Å²) in [4.78, 5) is 11.4. The van der Waals surface area contributed by atoms with Crippen molar-refractivity contribution in [2.75, 3.05) is 7.11 Å². The van der Waals surface area contributed by atoms with Gasteiger partial charge in [0.2, 0.25) is 5.76 Å². The normalized spacial score (nSPS) is 10.8. The van der Waals surface area contributed by atoms with Gasteiger partial charge in [0.1, 0.15) is 5.76 Å². The van der Waals surface area contributed by atoms with Gasteiger partial charge < -0.3 is 13.7 Å². The molecule has 0 N–H and O–H groups in total. The number of aryl methyl sites for hydroxylation is 1. The first-order valence-corrected chi connectivity index (χ1v) is 8.91. The van der Waals surface area contributed by atoms with Gasteiger partial charge in [0, 0.05) is 12.1 Å². The number of benzene rings is 1. The lowest BCUT2D eigenvalue weighted by atomic mass is 10.1. The molecule has 0 aliphatic heterocycles. The van der Waals surface area contributed by atoms with Crippen LogP contribution in [0.1, 0.15) is 28.8 Å². The van der Waals surface area contributed by atoms with Crippen LogP contribution < -0.4 is 0 Å². The third-order valence-corrected chi connectivity index (χ3v) is 4.80. The highest BCUT2D eigenvalue weighted by atomic mass is 32.2. The zero-order valence-electron chi connectivity index (χ0n) is 14.4. The molecule has 0 bridgehead atoms. The largest absolute Gasteiger partial charge is 0.463 e. The van der Waals surface area contributed by atoms with Gasteiger partial charge in [-0.1, -0.05) is 36.0 Å².